The fourth-order valence-corrected chi connectivity index (χ4v) is 6.91. The van der Waals surface area contributed by atoms with Crippen molar-refractivity contribution in [2.45, 2.75) is 63.1 Å². The first kappa shape index (κ1) is 29.9. The van der Waals surface area contributed by atoms with Crippen LogP contribution in [-0.2, 0) is 26.2 Å². The van der Waals surface area contributed by atoms with E-state index in [9.17, 15) is 18.0 Å². The van der Waals surface area contributed by atoms with Crippen molar-refractivity contribution >= 4 is 50.7 Å². The monoisotopic (exact) mass is 601 g/mol. The number of halogens is 2. The van der Waals surface area contributed by atoms with Gasteiger partial charge in [0.1, 0.15) is 12.6 Å². The largest absolute Gasteiger partial charge is 0.352 e. The van der Waals surface area contributed by atoms with E-state index in [1.165, 1.54) is 35.2 Å². The third kappa shape index (κ3) is 7.16. The molecule has 0 radical (unpaired) electrons. The zero-order valence-corrected chi connectivity index (χ0v) is 24.8. The highest BCUT2D eigenvalue weighted by Crippen LogP contribution is 2.33. The molecule has 0 aromatic heterocycles. The molecule has 212 valence electrons. The van der Waals surface area contributed by atoms with Crippen molar-refractivity contribution in [3.63, 3.8) is 0 Å². The summed E-state index contributed by atoms with van der Waals surface area (Å²) < 4.78 is 28.7. The van der Waals surface area contributed by atoms with E-state index >= 15 is 0 Å². The van der Waals surface area contributed by atoms with E-state index in [-0.39, 0.29) is 34.1 Å². The maximum atomic E-state index is 14.0. The zero-order chi connectivity index (χ0) is 28.9. The molecule has 0 aliphatic heterocycles. The predicted molar refractivity (Wildman–Crippen MR) is 159 cm³/mol. The third-order valence-electron chi connectivity index (χ3n) is 7.09. The number of hydrogen-bond donors (Lipinski definition) is 1. The number of rotatable bonds is 10. The standard InChI is InChI=1S/C30H33Cl2N3O4S/c1-21-9-8-10-23(17-21)19-34(22(2)30(37)33-25-11-6-7-12-25)29(36)20-35(28-16-15-24(31)18-27(28)32)40(38,39)26-13-4-3-5-14-26/h3-5,8-10,13-18,22,25H,6-7,11-12,19-20H2,1-2H3,(H,33,37)/t22-/m1/s1. The number of sulfonamides is 1. The first-order chi connectivity index (χ1) is 19.1. The van der Waals surface area contributed by atoms with Crippen LogP contribution in [0.2, 0.25) is 10.0 Å². The molecule has 7 nitrogen and oxygen atoms in total. The fraction of sp³-hybridized carbons (Fsp3) is 0.333. The number of carbonyl (C=O) groups is 2. The van der Waals surface area contributed by atoms with Gasteiger partial charge in [0.25, 0.3) is 10.0 Å². The van der Waals surface area contributed by atoms with E-state index in [1.54, 1.807) is 25.1 Å². The normalized spacial score (nSPS) is 14.5. The molecular formula is C30H33Cl2N3O4S. The van der Waals surface area contributed by atoms with Crippen LogP contribution < -0.4 is 9.62 Å². The molecule has 0 heterocycles. The Bertz CT molecular complexity index is 1460. The van der Waals surface area contributed by atoms with Crippen LogP contribution in [-0.4, -0.2) is 43.8 Å². The average molecular weight is 603 g/mol. The van der Waals surface area contributed by atoms with Gasteiger partial charge in [-0.2, -0.15) is 0 Å². The lowest BCUT2D eigenvalue weighted by molar-refractivity contribution is -0.139. The second kappa shape index (κ2) is 13.1. The number of carbonyl (C=O) groups excluding carboxylic acids is 2. The lowest BCUT2D eigenvalue weighted by atomic mass is 10.1. The van der Waals surface area contributed by atoms with Crippen molar-refractivity contribution in [2.24, 2.45) is 0 Å². The van der Waals surface area contributed by atoms with Crippen molar-refractivity contribution in [3.8, 4) is 0 Å². The Morgan fingerprint density at radius 3 is 2.33 bits per heavy atom. The zero-order valence-electron chi connectivity index (χ0n) is 22.5. The van der Waals surface area contributed by atoms with Gasteiger partial charge < -0.3 is 10.2 Å². The summed E-state index contributed by atoms with van der Waals surface area (Å²) in [6.07, 6.45) is 3.92. The molecule has 0 bridgehead atoms. The van der Waals surface area contributed by atoms with Crippen LogP contribution in [0.4, 0.5) is 5.69 Å². The Hall–Kier alpha value is -3.07. The molecule has 1 aliphatic rings. The second-order valence-electron chi connectivity index (χ2n) is 10.1. The Labute approximate surface area is 246 Å². The van der Waals surface area contributed by atoms with Gasteiger partial charge >= 0.3 is 0 Å². The minimum absolute atomic E-state index is 0.00563. The molecule has 1 fully saturated rings. The average Bonchev–Trinajstić information content (AvgIpc) is 3.44. The van der Waals surface area contributed by atoms with Crippen molar-refractivity contribution < 1.29 is 18.0 Å². The van der Waals surface area contributed by atoms with Gasteiger partial charge in [0.05, 0.1) is 15.6 Å². The number of hydrogen-bond acceptors (Lipinski definition) is 4. The van der Waals surface area contributed by atoms with Gasteiger partial charge in [0.15, 0.2) is 0 Å². The highest BCUT2D eigenvalue weighted by atomic mass is 35.5. The van der Waals surface area contributed by atoms with E-state index in [4.69, 9.17) is 23.2 Å². The molecule has 4 rings (SSSR count). The molecule has 0 saturated heterocycles. The molecule has 3 aromatic carbocycles. The maximum Gasteiger partial charge on any atom is 0.264 e. The fourth-order valence-electron chi connectivity index (χ4n) is 4.90. The van der Waals surface area contributed by atoms with Crippen molar-refractivity contribution in [3.05, 3.63) is 94.0 Å². The summed E-state index contributed by atoms with van der Waals surface area (Å²) in [4.78, 5) is 28.8. The summed E-state index contributed by atoms with van der Waals surface area (Å²) in [6.45, 7) is 3.19. The Kier molecular flexibility index (Phi) is 9.77. The van der Waals surface area contributed by atoms with E-state index in [0.717, 1.165) is 41.1 Å². The van der Waals surface area contributed by atoms with Crippen LogP contribution in [0, 0.1) is 6.92 Å². The molecular weight excluding hydrogens is 569 g/mol. The summed E-state index contributed by atoms with van der Waals surface area (Å²) in [5.41, 5.74) is 1.95. The Morgan fingerprint density at radius 1 is 0.975 bits per heavy atom. The summed E-state index contributed by atoms with van der Waals surface area (Å²) in [5.74, 6) is -0.809. The number of aryl methyl sites for hydroxylation is 1. The lowest BCUT2D eigenvalue weighted by Gasteiger charge is -2.32. The van der Waals surface area contributed by atoms with Crippen molar-refractivity contribution in [1.82, 2.24) is 10.2 Å². The van der Waals surface area contributed by atoms with Gasteiger partial charge in [-0.1, -0.05) is 84.1 Å². The SMILES string of the molecule is Cc1cccc(CN(C(=O)CN(c2ccc(Cl)cc2Cl)S(=O)(=O)c2ccccc2)[C@H](C)C(=O)NC2CCCC2)c1. The smallest absolute Gasteiger partial charge is 0.264 e. The van der Waals surface area contributed by atoms with E-state index in [1.807, 2.05) is 31.2 Å². The summed E-state index contributed by atoms with van der Waals surface area (Å²) in [5, 5.41) is 3.48. The quantitative estimate of drug-likeness (QED) is 0.310. The second-order valence-corrected chi connectivity index (χ2v) is 12.8. The highest BCUT2D eigenvalue weighted by molar-refractivity contribution is 7.92. The molecule has 3 aromatic rings. The highest BCUT2D eigenvalue weighted by Gasteiger charge is 2.34. The first-order valence-corrected chi connectivity index (χ1v) is 15.4. The van der Waals surface area contributed by atoms with Gasteiger partial charge in [-0.25, -0.2) is 8.42 Å². The maximum absolute atomic E-state index is 14.0. The Balaban J connectivity index is 1.70. The number of anilines is 1. The topological polar surface area (TPSA) is 86.8 Å². The molecule has 1 N–H and O–H groups in total. The minimum atomic E-state index is -4.20. The molecule has 40 heavy (non-hydrogen) atoms. The lowest BCUT2D eigenvalue weighted by Crippen LogP contribution is -2.52. The number of benzene rings is 3. The summed E-state index contributed by atoms with van der Waals surface area (Å²) in [6, 6.07) is 19.1. The van der Waals surface area contributed by atoms with Crippen LogP contribution in [0.5, 0.6) is 0 Å². The van der Waals surface area contributed by atoms with Crippen molar-refractivity contribution in [1.29, 1.82) is 0 Å². The van der Waals surface area contributed by atoms with Crippen molar-refractivity contribution in [2.75, 3.05) is 10.8 Å². The summed E-state index contributed by atoms with van der Waals surface area (Å²) >= 11 is 12.5. The van der Waals surface area contributed by atoms with Crippen LogP contribution in [0.25, 0.3) is 0 Å². The molecule has 1 aliphatic carbocycles. The van der Waals surface area contributed by atoms with Gasteiger partial charge in [-0.05, 0) is 62.6 Å². The number of nitrogens with zero attached hydrogens (tertiary/aromatic N) is 2. The molecule has 1 saturated carbocycles. The summed E-state index contributed by atoms with van der Waals surface area (Å²) in [7, 11) is -4.20. The van der Waals surface area contributed by atoms with Gasteiger partial charge in [-0.3, -0.25) is 13.9 Å². The predicted octanol–water partition coefficient (Wildman–Crippen LogP) is 5.97. The van der Waals surface area contributed by atoms with Gasteiger partial charge in [0, 0.05) is 17.6 Å². The van der Waals surface area contributed by atoms with E-state index < -0.39 is 28.5 Å². The molecule has 10 heteroatoms. The third-order valence-corrected chi connectivity index (χ3v) is 9.40. The Morgan fingerprint density at radius 2 is 1.68 bits per heavy atom. The van der Waals surface area contributed by atoms with E-state index in [2.05, 4.69) is 5.32 Å². The van der Waals surface area contributed by atoms with Crippen LogP contribution >= 0.6 is 23.2 Å². The van der Waals surface area contributed by atoms with E-state index in [0.29, 0.717) is 5.02 Å². The van der Waals surface area contributed by atoms with Crippen LogP contribution in [0.3, 0.4) is 0 Å². The first-order valence-electron chi connectivity index (χ1n) is 13.2. The molecule has 1 atom stereocenters. The van der Waals surface area contributed by atoms with Gasteiger partial charge in [-0.15, -0.1) is 0 Å². The minimum Gasteiger partial charge on any atom is -0.352 e. The molecule has 0 unspecified atom stereocenters. The number of amides is 2. The molecule has 2 amide bonds. The molecule has 0 spiro atoms. The van der Waals surface area contributed by atoms with Crippen LogP contribution in [0.15, 0.2) is 77.7 Å². The number of nitrogens with one attached hydrogen (secondary N) is 1. The van der Waals surface area contributed by atoms with Gasteiger partial charge in [0.2, 0.25) is 11.8 Å². The van der Waals surface area contributed by atoms with Crippen LogP contribution in [0.1, 0.15) is 43.7 Å².